The molecular weight excluding hydrogens is 151 g/mol. The lowest BCUT2D eigenvalue weighted by molar-refractivity contribution is 0.0394. The molecular formula is C3H7FO4S. The molecule has 0 aromatic heterocycles. The van der Waals surface area contributed by atoms with Gasteiger partial charge in [-0.1, -0.05) is 0 Å². The highest BCUT2D eigenvalue weighted by Crippen LogP contribution is 1.95. The highest BCUT2D eigenvalue weighted by Gasteiger charge is 2.08. The topological polar surface area (TPSA) is 74.6 Å². The molecule has 0 aromatic rings. The molecule has 0 radical (unpaired) electrons. The third-order valence-electron chi connectivity index (χ3n) is 0.614. The van der Waals surface area contributed by atoms with Crippen LogP contribution in [0.15, 0.2) is 0 Å². The van der Waals surface area contributed by atoms with Crippen molar-refractivity contribution in [2.45, 2.75) is 12.8 Å². The number of hydrogen-bond acceptors (Lipinski definition) is 3. The van der Waals surface area contributed by atoms with Crippen molar-refractivity contribution < 1.29 is 22.5 Å². The van der Waals surface area contributed by atoms with Gasteiger partial charge in [-0.15, -0.1) is 0 Å². The molecule has 0 amide bonds. The minimum absolute atomic E-state index is 0.584. The maximum atomic E-state index is 11.4. The smallest absolute Gasteiger partial charge is 0.265 e. The molecule has 0 aliphatic carbocycles. The molecule has 1 unspecified atom stereocenters. The molecule has 6 heteroatoms. The number of rotatable bonds is 3. The van der Waals surface area contributed by atoms with Crippen LogP contribution in [0.2, 0.25) is 0 Å². The normalized spacial score (nSPS) is 15.4. The van der Waals surface area contributed by atoms with Gasteiger partial charge in [-0.3, -0.25) is 4.55 Å². The largest absolute Gasteiger partial charge is 0.364 e. The Labute approximate surface area is 52.1 Å². The number of hydrogen-bond donors (Lipinski definition) is 2. The lowest BCUT2D eigenvalue weighted by Gasteiger charge is -1.95. The Hall–Kier alpha value is -0.200. The van der Waals surface area contributed by atoms with E-state index in [0.29, 0.717) is 0 Å². The van der Waals surface area contributed by atoms with Crippen LogP contribution < -0.4 is 0 Å². The van der Waals surface area contributed by atoms with Gasteiger partial charge < -0.3 is 5.11 Å². The summed E-state index contributed by atoms with van der Waals surface area (Å²) >= 11 is 0. The first kappa shape index (κ1) is 8.80. The molecule has 1 atom stereocenters. The van der Waals surface area contributed by atoms with Crippen molar-refractivity contribution in [1.29, 1.82) is 0 Å². The third-order valence-corrected chi connectivity index (χ3v) is 1.37. The van der Waals surface area contributed by atoms with Gasteiger partial charge in [0.05, 0.1) is 5.75 Å². The molecule has 0 saturated heterocycles. The van der Waals surface area contributed by atoms with Crippen molar-refractivity contribution >= 4 is 10.1 Å². The van der Waals surface area contributed by atoms with Gasteiger partial charge in [-0.25, -0.2) is 4.39 Å². The summed E-state index contributed by atoms with van der Waals surface area (Å²) in [6.45, 7) is 0. The van der Waals surface area contributed by atoms with Crippen molar-refractivity contribution in [3.05, 3.63) is 0 Å². The average molecular weight is 158 g/mol. The quantitative estimate of drug-likeness (QED) is 0.545. The summed E-state index contributed by atoms with van der Waals surface area (Å²) in [5.41, 5.74) is 0. The van der Waals surface area contributed by atoms with E-state index in [1.165, 1.54) is 0 Å². The second-order valence-corrected chi connectivity index (χ2v) is 3.08. The fraction of sp³-hybridized carbons (Fsp3) is 1.00. The first-order chi connectivity index (χ1) is 3.92. The van der Waals surface area contributed by atoms with Crippen molar-refractivity contribution in [3.63, 3.8) is 0 Å². The molecule has 0 heterocycles. The standard InChI is InChI=1S/C3H7FO4S/c4-3(5)1-2-9(6,7)8/h3,5H,1-2H2,(H,6,7,8). The molecule has 0 spiro atoms. The summed E-state index contributed by atoms with van der Waals surface area (Å²) in [5, 5.41) is 7.87. The van der Waals surface area contributed by atoms with Gasteiger partial charge in [0.15, 0.2) is 6.36 Å². The minimum Gasteiger partial charge on any atom is -0.364 e. The maximum Gasteiger partial charge on any atom is 0.265 e. The van der Waals surface area contributed by atoms with Crippen molar-refractivity contribution in [2.75, 3.05) is 5.75 Å². The molecule has 4 nitrogen and oxygen atoms in total. The van der Waals surface area contributed by atoms with Crippen LogP contribution in [0.25, 0.3) is 0 Å². The van der Waals surface area contributed by atoms with E-state index in [-0.39, 0.29) is 0 Å². The second-order valence-electron chi connectivity index (χ2n) is 1.51. The molecule has 0 rings (SSSR count). The number of aliphatic hydroxyl groups is 1. The van der Waals surface area contributed by atoms with Gasteiger partial charge in [0.2, 0.25) is 0 Å². The maximum absolute atomic E-state index is 11.4. The Morgan fingerprint density at radius 2 is 2.00 bits per heavy atom. The molecule has 0 bridgehead atoms. The van der Waals surface area contributed by atoms with Crippen LogP contribution in [-0.2, 0) is 10.1 Å². The molecule has 0 aliphatic rings. The van der Waals surface area contributed by atoms with E-state index in [2.05, 4.69) is 0 Å². The van der Waals surface area contributed by atoms with Crippen molar-refractivity contribution in [2.24, 2.45) is 0 Å². The Bertz CT molecular complexity index is 161. The average Bonchev–Trinajstić information content (AvgIpc) is 1.59. The first-order valence-corrected chi connectivity index (χ1v) is 3.80. The van der Waals surface area contributed by atoms with Crippen LogP contribution >= 0.6 is 0 Å². The predicted octanol–water partition coefficient (Wildman–Crippen LogP) is -0.448. The molecule has 0 saturated carbocycles. The molecule has 0 aromatic carbocycles. The summed E-state index contributed by atoms with van der Waals surface area (Å²) in [7, 11) is -4.12. The highest BCUT2D eigenvalue weighted by molar-refractivity contribution is 7.85. The highest BCUT2D eigenvalue weighted by atomic mass is 32.2. The Kier molecular flexibility index (Phi) is 3.02. The van der Waals surface area contributed by atoms with Gasteiger partial charge in [-0.2, -0.15) is 8.42 Å². The molecule has 0 aliphatic heterocycles. The molecule has 56 valence electrons. The zero-order valence-corrected chi connectivity index (χ0v) is 5.31. The van der Waals surface area contributed by atoms with Gasteiger partial charge in [0.25, 0.3) is 10.1 Å². The van der Waals surface area contributed by atoms with Crippen LogP contribution in [0.3, 0.4) is 0 Å². The van der Waals surface area contributed by atoms with E-state index in [1.807, 2.05) is 0 Å². The summed E-state index contributed by atoms with van der Waals surface area (Å²) in [6, 6.07) is 0. The van der Waals surface area contributed by atoms with Gasteiger partial charge >= 0.3 is 0 Å². The lowest BCUT2D eigenvalue weighted by Crippen LogP contribution is -2.09. The zero-order valence-electron chi connectivity index (χ0n) is 4.49. The number of halogens is 1. The van der Waals surface area contributed by atoms with Crippen LogP contribution in [0.5, 0.6) is 0 Å². The van der Waals surface area contributed by atoms with E-state index in [4.69, 9.17) is 9.66 Å². The number of aliphatic hydroxyl groups excluding tert-OH is 1. The fourth-order valence-electron chi connectivity index (χ4n) is 0.246. The van der Waals surface area contributed by atoms with Crippen molar-refractivity contribution in [3.8, 4) is 0 Å². The second kappa shape index (κ2) is 3.09. The van der Waals surface area contributed by atoms with Crippen LogP contribution in [0.4, 0.5) is 4.39 Å². The first-order valence-electron chi connectivity index (χ1n) is 2.19. The van der Waals surface area contributed by atoms with Crippen LogP contribution in [0, 0.1) is 0 Å². The Morgan fingerprint density at radius 3 is 2.11 bits per heavy atom. The lowest BCUT2D eigenvalue weighted by atomic mass is 10.5. The van der Waals surface area contributed by atoms with Crippen molar-refractivity contribution in [1.82, 2.24) is 0 Å². The summed E-state index contributed by atoms with van der Waals surface area (Å²) in [5.74, 6) is -0.745. The monoisotopic (exact) mass is 158 g/mol. The number of alkyl halides is 1. The SMILES string of the molecule is O=S(=O)(O)CCC(O)F. The summed E-state index contributed by atoms with van der Waals surface area (Å²) in [4.78, 5) is 0. The van der Waals surface area contributed by atoms with Gasteiger partial charge in [-0.05, 0) is 0 Å². The zero-order chi connectivity index (χ0) is 7.49. The Balaban J connectivity index is 3.53. The van der Waals surface area contributed by atoms with E-state index < -0.39 is 28.6 Å². The van der Waals surface area contributed by atoms with E-state index in [9.17, 15) is 12.8 Å². The van der Waals surface area contributed by atoms with E-state index in [0.717, 1.165) is 0 Å². The van der Waals surface area contributed by atoms with Crippen LogP contribution in [0.1, 0.15) is 6.42 Å². The molecule has 0 fully saturated rings. The predicted molar refractivity (Wildman–Crippen MR) is 28.1 cm³/mol. The summed E-state index contributed by atoms with van der Waals surface area (Å²) < 4.78 is 39.0. The molecule has 2 N–H and O–H groups in total. The van der Waals surface area contributed by atoms with Gasteiger partial charge in [0.1, 0.15) is 0 Å². The van der Waals surface area contributed by atoms with E-state index >= 15 is 0 Å². The minimum atomic E-state index is -4.12. The van der Waals surface area contributed by atoms with Gasteiger partial charge in [0, 0.05) is 6.42 Å². The fourth-order valence-corrected chi connectivity index (χ4v) is 0.739. The third kappa shape index (κ3) is 7.80. The summed E-state index contributed by atoms with van der Waals surface area (Å²) in [6.07, 6.45) is -2.76. The van der Waals surface area contributed by atoms with E-state index in [1.54, 1.807) is 0 Å². The molecule has 9 heavy (non-hydrogen) atoms. The Morgan fingerprint density at radius 1 is 1.56 bits per heavy atom. The van der Waals surface area contributed by atoms with Crippen LogP contribution in [-0.4, -0.2) is 30.2 Å².